The molecule has 0 aromatic carbocycles. The largest absolute Gasteiger partial charge is 0.766 e. The van der Waals surface area contributed by atoms with Crippen LogP contribution in [0.4, 0.5) is 19.0 Å². The highest BCUT2D eigenvalue weighted by atomic mass is 32.2. The van der Waals surface area contributed by atoms with Gasteiger partial charge in [0, 0.05) is 54.6 Å². The first-order valence-corrected chi connectivity index (χ1v) is 11.0. The Morgan fingerprint density at radius 3 is 2.61 bits per heavy atom. The summed E-state index contributed by atoms with van der Waals surface area (Å²) in [5.41, 5.74) is 4.97. The number of anilines is 1. The van der Waals surface area contributed by atoms with Crippen molar-refractivity contribution in [2.24, 2.45) is 5.73 Å². The van der Waals surface area contributed by atoms with Crippen LogP contribution >= 0.6 is 0 Å². The standard InChI is InChI=1S/C19H22F3N5O5S/c20-19(21,22)11-5-6-13(24-9-11)12-3-1-8-27(16(12)17(23)30)14-10-26(7-2-4-15(28)29)18(25-14)33(31)32/h5-6,9-10,12,16H,1-4,7-8H2,(H2,23,30)(H,28,29)(H,31,32)/p-1/t12?,16-/m1/s1. The van der Waals surface area contributed by atoms with Gasteiger partial charge in [0.25, 0.3) is 0 Å². The van der Waals surface area contributed by atoms with E-state index in [-0.39, 0.29) is 36.1 Å². The third-order valence-electron chi connectivity index (χ3n) is 5.38. The van der Waals surface area contributed by atoms with Crippen molar-refractivity contribution in [1.82, 2.24) is 14.5 Å². The van der Waals surface area contributed by atoms with Crippen LogP contribution in [0.3, 0.4) is 0 Å². The molecule has 180 valence electrons. The summed E-state index contributed by atoms with van der Waals surface area (Å²) in [7, 11) is 0. The number of alkyl halides is 3. The second-order valence-electron chi connectivity index (χ2n) is 7.57. The fraction of sp³-hybridized carbons (Fsp3) is 0.474. The maximum atomic E-state index is 12.9. The number of hydrogen-bond acceptors (Lipinski definition) is 7. The Morgan fingerprint density at radius 2 is 2.06 bits per heavy atom. The summed E-state index contributed by atoms with van der Waals surface area (Å²) in [4.78, 5) is 32.6. The van der Waals surface area contributed by atoms with Crippen LogP contribution in [0.5, 0.6) is 0 Å². The van der Waals surface area contributed by atoms with Crippen LogP contribution in [0.2, 0.25) is 0 Å². The van der Waals surface area contributed by atoms with E-state index in [1.165, 1.54) is 21.7 Å². The molecule has 1 aliphatic rings. The zero-order valence-corrected chi connectivity index (χ0v) is 18.0. The fourth-order valence-corrected chi connectivity index (χ4v) is 4.43. The van der Waals surface area contributed by atoms with Gasteiger partial charge >= 0.3 is 12.1 Å². The molecule has 3 rings (SSSR count). The molecule has 3 N–H and O–H groups in total. The molecule has 0 bridgehead atoms. The molecule has 0 saturated carbocycles. The van der Waals surface area contributed by atoms with Gasteiger partial charge in [-0.3, -0.25) is 18.8 Å². The van der Waals surface area contributed by atoms with Gasteiger partial charge in [-0.25, -0.2) is 4.98 Å². The average molecular weight is 488 g/mol. The highest BCUT2D eigenvalue weighted by Crippen LogP contribution is 2.36. The Labute approximate surface area is 188 Å². The van der Waals surface area contributed by atoms with Crippen molar-refractivity contribution in [2.45, 2.75) is 55.5 Å². The molecule has 1 amide bonds. The van der Waals surface area contributed by atoms with Crippen molar-refractivity contribution in [3.05, 3.63) is 35.8 Å². The van der Waals surface area contributed by atoms with Crippen LogP contribution < -0.4 is 10.6 Å². The molecular formula is C19H21F3N5O5S-. The number of aryl methyl sites for hydroxylation is 1. The first kappa shape index (κ1) is 24.6. The quantitative estimate of drug-likeness (QED) is 0.532. The van der Waals surface area contributed by atoms with Gasteiger partial charge in [0.2, 0.25) is 5.91 Å². The van der Waals surface area contributed by atoms with Crippen molar-refractivity contribution in [3.8, 4) is 0 Å². The molecule has 2 aromatic heterocycles. The Morgan fingerprint density at radius 1 is 1.33 bits per heavy atom. The molecular weight excluding hydrogens is 467 g/mol. The van der Waals surface area contributed by atoms with E-state index in [2.05, 4.69) is 9.97 Å². The summed E-state index contributed by atoms with van der Waals surface area (Å²) in [6.45, 7) is 0.378. The highest BCUT2D eigenvalue weighted by molar-refractivity contribution is 7.79. The number of halogens is 3. The number of aliphatic carboxylic acids is 1. The summed E-state index contributed by atoms with van der Waals surface area (Å²) in [5, 5.41) is 8.47. The Hall–Kier alpha value is -3.00. The smallest absolute Gasteiger partial charge is 0.417 e. The number of carbonyl (C=O) groups excluding carboxylic acids is 1. The van der Waals surface area contributed by atoms with Crippen LogP contribution in [0.15, 0.2) is 29.7 Å². The third-order valence-corrected chi connectivity index (χ3v) is 6.00. The predicted octanol–water partition coefficient (Wildman–Crippen LogP) is 1.64. The molecule has 2 unspecified atom stereocenters. The number of primary amides is 1. The lowest BCUT2D eigenvalue weighted by atomic mass is 9.85. The third kappa shape index (κ3) is 5.68. The fourth-order valence-electron chi connectivity index (χ4n) is 3.92. The number of amides is 1. The van der Waals surface area contributed by atoms with Gasteiger partial charge in [-0.15, -0.1) is 0 Å². The molecule has 33 heavy (non-hydrogen) atoms. The number of pyridine rings is 1. The molecule has 0 spiro atoms. The minimum Gasteiger partial charge on any atom is -0.766 e. The minimum atomic E-state index is -4.55. The summed E-state index contributed by atoms with van der Waals surface area (Å²) in [6, 6.07) is 1.07. The summed E-state index contributed by atoms with van der Waals surface area (Å²) >= 11 is -2.72. The average Bonchev–Trinajstić information content (AvgIpc) is 3.16. The van der Waals surface area contributed by atoms with Crippen LogP contribution in [-0.2, 0) is 33.4 Å². The summed E-state index contributed by atoms with van der Waals surface area (Å²) in [6.07, 6.45) is -1.51. The lowest BCUT2D eigenvalue weighted by Crippen LogP contribution is -2.52. The van der Waals surface area contributed by atoms with E-state index in [1.54, 1.807) is 0 Å². The zero-order valence-electron chi connectivity index (χ0n) is 17.2. The number of carboxylic acid groups (broad SMARTS) is 1. The van der Waals surface area contributed by atoms with E-state index < -0.39 is 46.7 Å². The number of imidazole rings is 1. The number of carboxylic acids is 1. The molecule has 0 aliphatic carbocycles. The second kappa shape index (κ2) is 9.87. The monoisotopic (exact) mass is 488 g/mol. The van der Waals surface area contributed by atoms with Crippen molar-refractivity contribution in [2.75, 3.05) is 11.4 Å². The zero-order chi connectivity index (χ0) is 24.3. The Bertz CT molecular complexity index is 1040. The molecule has 0 radical (unpaired) electrons. The highest BCUT2D eigenvalue weighted by Gasteiger charge is 2.39. The lowest BCUT2D eigenvalue weighted by Gasteiger charge is -2.39. The first-order chi connectivity index (χ1) is 15.5. The number of hydrogen-bond donors (Lipinski definition) is 2. The van der Waals surface area contributed by atoms with Crippen LogP contribution in [0, 0.1) is 0 Å². The molecule has 1 saturated heterocycles. The Balaban J connectivity index is 1.91. The molecule has 1 fully saturated rings. The molecule has 14 heteroatoms. The SMILES string of the molecule is NC(=O)[C@H]1C(c2ccc(C(F)(F)F)cn2)CCCN1c1cn(CCCC(=O)O)c(S(=O)[O-])n1. The van der Waals surface area contributed by atoms with Gasteiger partial charge < -0.3 is 24.9 Å². The van der Waals surface area contributed by atoms with Gasteiger partial charge in [-0.1, -0.05) is 0 Å². The van der Waals surface area contributed by atoms with Crippen LogP contribution in [0.1, 0.15) is 42.9 Å². The molecule has 2 aromatic rings. The van der Waals surface area contributed by atoms with Crippen LogP contribution in [0.25, 0.3) is 0 Å². The van der Waals surface area contributed by atoms with E-state index in [1.807, 2.05) is 0 Å². The first-order valence-electron chi connectivity index (χ1n) is 9.96. The maximum absolute atomic E-state index is 12.9. The van der Waals surface area contributed by atoms with Crippen molar-refractivity contribution < 1.29 is 36.6 Å². The van der Waals surface area contributed by atoms with E-state index in [0.29, 0.717) is 25.6 Å². The number of aromatic nitrogens is 3. The van der Waals surface area contributed by atoms with E-state index in [0.717, 1.165) is 6.07 Å². The van der Waals surface area contributed by atoms with Gasteiger partial charge in [-0.05, 0) is 31.4 Å². The van der Waals surface area contributed by atoms with E-state index in [9.17, 15) is 31.5 Å². The second-order valence-corrected chi connectivity index (χ2v) is 8.40. The van der Waals surface area contributed by atoms with E-state index >= 15 is 0 Å². The van der Waals surface area contributed by atoms with Crippen molar-refractivity contribution in [1.29, 1.82) is 0 Å². The van der Waals surface area contributed by atoms with Gasteiger partial charge in [0.15, 0.2) is 5.16 Å². The van der Waals surface area contributed by atoms with Gasteiger partial charge in [-0.2, -0.15) is 13.2 Å². The van der Waals surface area contributed by atoms with E-state index in [4.69, 9.17) is 10.8 Å². The Kier molecular flexibility index (Phi) is 7.37. The number of rotatable bonds is 8. The number of nitrogens with two attached hydrogens (primary N) is 1. The number of nitrogens with zero attached hydrogens (tertiary/aromatic N) is 4. The maximum Gasteiger partial charge on any atom is 0.417 e. The summed E-state index contributed by atoms with van der Waals surface area (Å²) < 4.78 is 63.1. The molecule has 1 aliphatic heterocycles. The lowest BCUT2D eigenvalue weighted by molar-refractivity contribution is -0.138. The molecule has 3 heterocycles. The molecule has 10 nitrogen and oxygen atoms in total. The van der Waals surface area contributed by atoms with Crippen LogP contribution in [-0.4, -0.2) is 52.9 Å². The normalized spacial score (nSPS) is 19.9. The predicted molar refractivity (Wildman–Crippen MR) is 108 cm³/mol. The van der Waals surface area contributed by atoms with Gasteiger partial charge in [0.1, 0.15) is 11.9 Å². The summed E-state index contributed by atoms with van der Waals surface area (Å²) in [5.74, 6) is -2.27. The van der Waals surface area contributed by atoms with Crippen molar-refractivity contribution >= 4 is 28.8 Å². The van der Waals surface area contributed by atoms with Gasteiger partial charge in [0.05, 0.1) is 5.56 Å². The molecule has 3 atom stereocenters. The number of carbonyl (C=O) groups is 2. The minimum absolute atomic E-state index is 0.0710. The number of piperidine rings is 1. The topological polar surface area (TPSA) is 154 Å². The van der Waals surface area contributed by atoms with Crippen molar-refractivity contribution in [3.63, 3.8) is 0 Å².